The number of benzene rings is 1. The van der Waals surface area contributed by atoms with Crippen LogP contribution in [0.1, 0.15) is 16.1 Å². The smallest absolute Gasteiger partial charge is 0.275 e. The minimum Gasteiger partial charge on any atom is -0.354 e. The van der Waals surface area contributed by atoms with E-state index in [-0.39, 0.29) is 17.1 Å². The topological polar surface area (TPSA) is 62.5 Å². The minimum absolute atomic E-state index is 0.0281. The fourth-order valence-corrected chi connectivity index (χ4v) is 4.73. The van der Waals surface area contributed by atoms with E-state index in [0.29, 0.717) is 34.8 Å². The molecule has 0 saturated carbocycles. The average Bonchev–Trinajstić information content (AvgIpc) is 3.23. The lowest BCUT2D eigenvalue weighted by Gasteiger charge is -2.22. The predicted molar refractivity (Wildman–Crippen MR) is 103 cm³/mol. The fraction of sp³-hybridized carbons (Fsp3) is 0.412. The molecule has 0 bridgehead atoms. The van der Waals surface area contributed by atoms with Gasteiger partial charge >= 0.3 is 0 Å². The summed E-state index contributed by atoms with van der Waals surface area (Å²) >= 11 is 3.07. The van der Waals surface area contributed by atoms with Gasteiger partial charge in [-0.2, -0.15) is 0 Å². The van der Waals surface area contributed by atoms with Crippen molar-refractivity contribution in [1.82, 2.24) is 9.88 Å². The summed E-state index contributed by atoms with van der Waals surface area (Å²) in [6, 6.07) is 5.03. The maximum Gasteiger partial charge on any atom is 0.275 e. The summed E-state index contributed by atoms with van der Waals surface area (Å²) in [4.78, 5) is 21.9. The van der Waals surface area contributed by atoms with Gasteiger partial charge in [-0.05, 0) is 24.1 Å². The first-order valence-corrected chi connectivity index (χ1v) is 9.86. The Morgan fingerprint density at radius 1 is 1.48 bits per heavy atom. The predicted octanol–water partition coefficient (Wildman–Crippen LogP) is 2.80. The number of nitrogens with two attached hydrogens (primary N) is 1. The van der Waals surface area contributed by atoms with Crippen LogP contribution in [0, 0.1) is 12.7 Å². The number of halogens is 1. The number of rotatable bonds is 4. The van der Waals surface area contributed by atoms with Crippen LogP contribution in [-0.4, -0.2) is 54.1 Å². The van der Waals surface area contributed by atoms with Crippen molar-refractivity contribution in [2.45, 2.75) is 12.3 Å². The molecule has 1 atom stereocenters. The van der Waals surface area contributed by atoms with Gasteiger partial charge in [-0.15, -0.1) is 11.8 Å². The van der Waals surface area contributed by atoms with E-state index in [4.69, 9.17) is 5.73 Å². The second kappa shape index (κ2) is 7.31. The van der Waals surface area contributed by atoms with Gasteiger partial charge in [0.25, 0.3) is 5.91 Å². The Hall–Kier alpha value is -1.64. The number of amides is 1. The lowest BCUT2D eigenvalue weighted by atomic mass is 10.1. The van der Waals surface area contributed by atoms with E-state index >= 15 is 0 Å². The zero-order valence-electron chi connectivity index (χ0n) is 14.5. The second-order valence-corrected chi connectivity index (χ2v) is 8.36. The Balaban J connectivity index is 2.06. The molecular weight excluding hydrogens is 359 g/mol. The Labute approximate surface area is 155 Å². The van der Waals surface area contributed by atoms with Crippen molar-refractivity contribution in [1.29, 1.82) is 0 Å². The van der Waals surface area contributed by atoms with Crippen LogP contribution in [0.3, 0.4) is 0 Å². The first-order valence-electron chi connectivity index (χ1n) is 7.99. The van der Waals surface area contributed by atoms with E-state index in [1.165, 1.54) is 17.4 Å². The molecule has 2 heterocycles. The quantitative estimate of drug-likeness (QED) is 0.884. The molecule has 2 N–H and O–H groups in total. The third kappa shape index (κ3) is 3.51. The van der Waals surface area contributed by atoms with Crippen molar-refractivity contribution in [2.75, 3.05) is 37.8 Å². The van der Waals surface area contributed by atoms with Crippen LogP contribution >= 0.6 is 23.1 Å². The number of carbonyl (C=O) groups excluding carboxylic acids is 1. The van der Waals surface area contributed by atoms with Gasteiger partial charge in [-0.25, -0.2) is 9.37 Å². The Kier molecular flexibility index (Phi) is 5.31. The molecule has 0 aliphatic carbocycles. The molecule has 1 saturated heterocycles. The highest BCUT2D eigenvalue weighted by Crippen LogP contribution is 2.37. The highest BCUT2D eigenvalue weighted by Gasteiger charge is 2.32. The maximum atomic E-state index is 14.0. The van der Waals surface area contributed by atoms with Crippen LogP contribution in [0.15, 0.2) is 18.2 Å². The number of nitrogens with zero attached hydrogens (tertiary/aromatic N) is 3. The largest absolute Gasteiger partial charge is 0.354 e. The van der Waals surface area contributed by atoms with E-state index in [1.807, 2.05) is 25.1 Å². The Morgan fingerprint density at radius 3 is 2.88 bits per heavy atom. The molecule has 25 heavy (non-hydrogen) atoms. The molecule has 5 nitrogen and oxygen atoms in total. The van der Waals surface area contributed by atoms with Gasteiger partial charge in [-0.3, -0.25) is 4.79 Å². The molecule has 1 fully saturated rings. The monoisotopic (exact) mass is 380 g/mol. The normalized spacial score (nSPS) is 17.2. The highest BCUT2D eigenvalue weighted by atomic mass is 32.2. The van der Waals surface area contributed by atoms with Gasteiger partial charge in [0.05, 0.1) is 10.3 Å². The van der Waals surface area contributed by atoms with E-state index in [9.17, 15) is 9.18 Å². The van der Waals surface area contributed by atoms with Crippen molar-refractivity contribution in [3.63, 3.8) is 0 Å². The van der Waals surface area contributed by atoms with Crippen molar-refractivity contribution in [3.8, 4) is 10.4 Å². The molecule has 1 aromatic heterocycles. The lowest BCUT2D eigenvalue weighted by Crippen LogP contribution is -2.39. The van der Waals surface area contributed by atoms with Crippen LogP contribution in [0.4, 0.5) is 9.52 Å². The number of carbonyl (C=O) groups is 1. The number of aryl methyl sites for hydroxylation is 1. The van der Waals surface area contributed by atoms with Gasteiger partial charge in [0.15, 0.2) is 5.13 Å². The molecule has 1 aromatic carbocycles. The van der Waals surface area contributed by atoms with Crippen LogP contribution < -0.4 is 10.6 Å². The van der Waals surface area contributed by atoms with Crippen molar-refractivity contribution in [3.05, 3.63) is 35.3 Å². The van der Waals surface area contributed by atoms with Crippen LogP contribution in [0.25, 0.3) is 10.4 Å². The molecule has 1 aliphatic heterocycles. The standard InChI is InChI=1S/C17H21FN4OS2/c1-10-4-5-11(8-12(10)18)15-14(20-17(25-15)21(2)3)16(23)22-6-7-24-13(22)9-19/h4-5,8,13H,6-7,9,19H2,1-3H3. The average molecular weight is 381 g/mol. The van der Waals surface area contributed by atoms with Crippen molar-refractivity contribution < 1.29 is 9.18 Å². The summed E-state index contributed by atoms with van der Waals surface area (Å²) in [5.41, 5.74) is 7.41. The van der Waals surface area contributed by atoms with Gasteiger partial charge < -0.3 is 15.5 Å². The number of anilines is 1. The first kappa shape index (κ1) is 18.2. The summed E-state index contributed by atoms with van der Waals surface area (Å²) in [5, 5.41) is 0.690. The molecule has 2 aromatic rings. The summed E-state index contributed by atoms with van der Waals surface area (Å²) in [6.07, 6.45) is 0. The molecular formula is C17H21FN4OS2. The second-order valence-electron chi connectivity index (χ2n) is 6.09. The first-order chi connectivity index (χ1) is 11.9. The van der Waals surface area contributed by atoms with E-state index in [0.717, 1.165) is 10.9 Å². The molecule has 0 radical (unpaired) electrons. The fourth-order valence-electron chi connectivity index (χ4n) is 2.66. The molecule has 1 amide bonds. The van der Waals surface area contributed by atoms with Crippen LogP contribution in [0.2, 0.25) is 0 Å². The molecule has 134 valence electrons. The molecule has 1 unspecified atom stereocenters. The number of thioether (sulfide) groups is 1. The number of aromatic nitrogens is 1. The molecule has 0 spiro atoms. The maximum absolute atomic E-state index is 14.0. The van der Waals surface area contributed by atoms with Gasteiger partial charge in [0.2, 0.25) is 0 Å². The zero-order valence-corrected chi connectivity index (χ0v) is 16.1. The van der Waals surface area contributed by atoms with Crippen LogP contribution in [-0.2, 0) is 0 Å². The van der Waals surface area contributed by atoms with Gasteiger partial charge in [-0.1, -0.05) is 23.5 Å². The third-order valence-electron chi connectivity index (χ3n) is 4.09. The molecule has 1 aliphatic rings. The minimum atomic E-state index is -0.285. The van der Waals surface area contributed by atoms with Crippen molar-refractivity contribution >= 4 is 34.1 Å². The lowest BCUT2D eigenvalue weighted by molar-refractivity contribution is 0.0760. The van der Waals surface area contributed by atoms with E-state index in [2.05, 4.69) is 4.98 Å². The van der Waals surface area contributed by atoms with E-state index < -0.39 is 0 Å². The van der Waals surface area contributed by atoms with Gasteiger partial charge in [0, 0.05) is 32.9 Å². The Morgan fingerprint density at radius 2 is 2.24 bits per heavy atom. The number of hydrogen-bond donors (Lipinski definition) is 1. The Bertz CT molecular complexity index is 793. The molecule has 3 rings (SSSR count). The summed E-state index contributed by atoms with van der Waals surface area (Å²) in [7, 11) is 3.75. The van der Waals surface area contributed by atoms with Crippen molar-refractivity contribution in [2.24, 2.45) is 5.73 Å². The summed E-state index contributed by atoms with van der Waals surface area (Å²) in [6.45, 7) is 2.79. The zero-order chi connectivity index (χ0) is 18.1. The number of hydrogen-bond acceptors (Lipinski definition) is 6. The third-order valence-corrected chi connectivity index (χ3v) is 6.61. The SMILES string of the molecule is Cc1ccc(-c2sc(N(C)C)nc2C(=O)N2CCSC2CN)cc1F. The van der Waals surface area contributed by atoms with E-state index in [1.54, 1.807) is 29.7 Å². The number of thiazole rings is 1. The molecule has 8 heteroatoms. The highest BCUT2D eigenvalue weighted by molar-refractivity contribution is 8.00. The summed E-state index contributed by atoms with van der Waals surface area (Å²) in [5.74, 6) is 0.445. The van der Waals surface area contributed by atoms with Gasteiger partial charge in [0.1, 0.15) is 11.5 Å². The van der Waals surface area contributed by atoms with Crippen LogP contribution in [0.5, 0.6) is 0 Å². The summed E-state index contributed by atoms with van der Waals surface area (Å²) < 4.78 is 14.0.